The first-order valence-electron chi connectivity index (χ1n) is 6.49. The molecule has 0 saturated carbocycles. The van der Waals surface area contributed by atoms with Crippen molar-refractivity contribution in [3.63, 3.8) is 0 Å². The van der Waals surface area contributed by atoms with Crippen LogP contribution in [0.4, 0.5) is 5.69 Å². The molecule has 0 saturated heterocycles. The second-order valence-electron chi connectivity index (χ2n) is 4.70. The lowest BCUT2D eigenvalue weighted by molar-refractivity contribution is 0.405. The van der Waals surface area contributed by atoms with Gasteiger partial charge in [-0.1, -0.05) is 27.5 Å². The topological polar surface area (TPSA) is 64.6 Å². The molecule has 0 fully saturated rings. The number of ether oxygens (including phenoxy) is 2. The van der Waals surface area contributed by atoms with Gasteiger partial charge < -0.3 is 9.47 Å². The molecule has 0 aliphatic rings. The third kappa shape index (κ3) is 3.91. The van der Waals surface area contributed by atoms with Crippen LogP contribution in [-0.4, -0.2) is 22.6 Å². The number of hydrogen-bond acceptors (Lipinski definition) is 4. The van der Waals surface area contributed by atoms with Crippen molar-refractivity contribution in [3.8, 4) is 11.5 Å². The minimum Gasteiger partial charge on any atom is -0.495 e. The quantitative estimate of drug-likeness (QED) is 0.786. The highest BCUT2D eigenvalue weighted by Gasteiger charge is 2.19. The summed E-state index contributed by atoms with van der Waals surface area (Å²) >= 11 is 9.37. The van der Waals surface area contributed by atoms with E-state index in [9.17, 15) is 8.42 Å². The normalized spacial score (nSPS) is 11.2. The van der Waals surface area contributed by atoms with E-state index < -0.39 is 10.0 Å². The number of sulfonamides is 1. The summed E-state index contributed by atoms with van der Waals surface area (Å²) in [6, 6.07) is 7.74. The molecule has 2 aromatic carbocycles. The van der Waals surface area contributed by atoms with Gasteiger partial charge in [0.05, 0.1) is 29.8 Å². The number of halogens is 2. The number of methoxy groups -OCH3 is 2. The number of rotatable bonds is 5. The molecule has 0 unspecified atom stereocenters. The molecule has 0 aromatic heterocycles. The number of aryl methyl sites for hydroxylation is 1. The fourth-order valence-corrected chi connectivity index (χ4v) is 3.55. The molecule has 0 atom stereocenters. The summed E-state index contributed by atoms with van der Waals surface area (Å²) in [6.45, 7) is 1.81. The van der Waals surface area contributed by atoms with Crippen molar-refractivity contribution in [1.82, 2.24) is 0 Å². The van der Waals surface area contributed by atoms with E-state index in [1.165, 1.54) is 32.4 Å². The first-order valence-corrected chi connectivity index (χ1v) is 9.14. The van der Waals surface area contributed by atoms with Crippen molar-refractivity contribution < 1.29 is 17.9 Å². The van der Waals surface area contributed by atoms with Crippen LogP contribution in [0.1, 0.15) is 5.56 Å². The SMILES string of the molecule is COc1cc(NS(=O)(=O)c2ccc(Br)c(C)c2)c(OC)cc1Cl. The Labute approximate surface area is 148 Å². The van der Waals surface area contributed by atoms with Gasteiger partial charge in [0.2, 0.25) is 0 Å². The summed E-state index contributed by atoms with van der Waals surface area (Å²) in [4.78, 5) is 0.147. The number of anilines is 1. The Kier molecular flexibility index (Phi) is 5.44. The molecule has 0 bridgehead atoms. The molecular weight excluding hydrogens is 406 g/mol. The van der Waals surface area contributed by atoms with Crippen molar-refractivity contribution >= 4 is 43.2 Å². The zero-order chi connectivity index (χ0) is 17.2. The van der Waals surface area contributed by atoms with E-state index in [0.29, 0.717) is 16.5 Å². The summed E-state index contributed by atoms with van der Waals surface area (Å²) in [5, 5.41) is 0.326. The first-order chi connectivity index (χ1) is 10.8. The highest BCUT2D eigenvalue weighted by molar-refractivity contribution is 9.10. The van der Waals surface area contributed by atoms with Gasteiger partial charge in [-0.2, -0.15) is 0 Å². The molecule has 0 aliphatic heterocycles. The van der Waals surface area contributed by atoms with Crippen molar-refractivity contribution in [2.45, 2.75) is 11.8 Å². The lowest BCUT2D eigenvalue weighted by Gasteiger charge is -2.14. The van der Waals surface area contributed by atoms with Gasteiger partial charge in [-0.05, 0) is 30.7 Å². The fraction of sp³-hybridized carbons (Fsp3) is 0.200. The molecule has 23 heavy (non-hydrogen) atoms. The maximum absolute atomic E-state index is 12.6. The Balaban J connectivity index is 2.46. The second-order valence-corrected chi connectivity index (χ2v) is 7.65. The Morgan fingerprint density at radius 3 is 2.30 bits per heavy atom. The zero-order valence-corrected chi connectivity index (χ0v) is 15.8. The van der Waals surface area contributed by atoms with Crippen LogP contribution in [-0.2, 0) is 10.0 Å². The largest absolute Gasteiger partial charge is 0.495 e. The summed E-state index contributed by atoms with van der Waals surface area (Å²) in [5.41, 5.74) is 1.06. The summed E-state index contributed by atoms with van der Waals surface area (Å²) in [5.74, 6) is 0.644. The van der Waals surface area contributed by atoms with Crippen LogP contribution >= 0.6 is 27.5 Å². The third-order valence-electron chi connectivity index (χ3n) is 3.16. The van der Waals surface area contributed by atoms with E-state index in [2.05, 4.69) is 20.7 Å². The van der Waals surface area contributed by atoms with Crippen LogP contribution in [0.15, 0.2) is 39.7 Å². The van der Waals surface area contributed by atoms with E-state index in [0.717, 1.165) is 10.0 Å². The van der Waals surface area contributed by atoms with Gasteiger partial charge in [-0.3, -0.25) is 4.72 Å². The average Bonchev–Trinajstić information content (AvgIpc) is 2.50. The van der Waals surface area contributed by atoms with E-state index >= 15 is 0 Å². The fourth-order valence-electron chi connectivity index (χ4n) is 1.93. The molecule has 8 heteroatoms. The highest BCUT2D eigenvalue weighted by atomic mass is 79.9. The second kappa shape index (κ2) is 6.98. The number of nitrogens with one attached hydrogen (secondary N) is 1. The van der Waals surface area contributed by atoms with Gasteiger partial charge in [0.1, 0.15) is 11.5 Å². The Bertz CT molecular complexity index is 840. The Hall–Kier alpha value is -1.44. The van der Waals surface area contributed by atoms with Gasteiger partial charge >= 0.3 is 0 Å². The first kappa shape index (κ1) is 17.9. The van der Waals surface area contributed by atoms with Crippen LogP contribution in [0.2, 0.25) is 5.02 Å². The van der Waals surface area contributed by atoms with E-state index in [-0.39, 0.29) is 10.6 Å². The molecule has 0 spiro atoms. The smallest absolute Gasteiger partial charge is 0.262 e. The third-order valence-corrected chi connectivity index (χ3v) is 5.71. The molecule has 0 heterocycles. The average molecular weight is 421 g/mol. The number of hydrogen-bond donors (Lipinski definition) is 1. The molecule has 1 N–H and O–H groups in total. The predicted octanol–water partition coefficient (Wildman–Crippen LogP) is 4.23. The predicted molar refractivity (Wildman–Crippen MR) is 94.2 cm³/mol. The highest BCUT2D eigenvalue weighted by Crippen LogP contribution is 2.37. The van der Waals surface area contributed by atoms with Crippen LogP contribution < -0.4 is 14.2 Å². The maximum Gasteiger partial charge on any atom is 0.262 e. The number of benzene rings is 2. The minimum atomic E-state index is -3.77. The standard InChI is InChI=1S/C15H15BrClNO4S/c1-9-6-10(4-5-11(9)16)23(19,20)18-13-8-14(21-2)12(17)7-15(13)22-3/h4-8,18H,1-3H3. The maximum atomic E-state index is 12.6. The molecule has 2 rings (SSSR count). The van der Waals surface area contributed by atoms with Gasteiger partial charge in [0, 0.05) is 16.6 Å². The molecule has 5 nitrogen and oxygen atoms in total. The summed E-state index contributed by atoms with van der Waals surface area (Å²) < 4.78 is 38.7. The summed E-state index contributed by atoms with van der Waals surface area (Å²) in [6.07, 6.45) is 0. The van der Waals surface area contributed by atoms with Gasteiger partial charge in [-0.15, -0.1) is 0 Å². The van der Waals surface area contributed by atoms with Gasteiger partial charge in [0.25, 0.3) is 10.0 Å². The molecule has 0 amide bonds. The molecule has 124 valence electrons. The van der Waals surface area contributed by atoms with E-state index in [1.807, 2.05) is 6.92 Å². The van der Waals surface area contributed by atoms with E-state index in [4.69, 9.17) is 21.1 Å². The lowest BCUT2D eigenvalue weighted by atomic mass is 10.2. The van der Waals surface area contributed by atoms with Crippen molar-refractivity contribution in [3.05, 3.63) is 45.4 Å². The monoisotopic (exact) mass is 419 g/mol. The van der Waals surface area contributed by atoms with Crippen LogP contribution in [0, 0.1) is 6.92 Å². The Morgan fingerprint density at radius 1 is 1.09 bits per heavy atom. The van der Waals surface area contributed by atoms with Crippen molar-refractivity contribution in [1.29, 1.82) is 0 Å². The van der Waals surface area contributed by atoms with Crippen molar-refractivity contribution in [2.75, 3.05) is 18.9 Å². The molecule has 2 aromatic rings. The molecule has 0 radical (unpaired) electrons. The Morgan fingerprint density at radius 2 is 1.74 bits per heavy atom. The van der Waals surface area contributed by atoms with Crippen LogP contribution in [0.3, 0.4) is 0 Å². The van der Waals surface area contributed by atoms with Crippen LogP contribution in [0.25, 0.3) is 0 Å². The van der Waals surface area contributed by atoms with Crippen LogP contribution in [0.5, 0.6) is 11.5 Å². The minimum absolute atomic E-state index is 0.147. The summed E-state index contributed by atoms with van der Waals surface area (Å²) in [7, 11) is -0.894. The van der Waals surface area contributed by atoms with Gasteiger partial charge in [0.15, 0.2) is 0 Å². The lowest BCUT2D eigenvalue weighted by Crippen LogP contribution is -2.14. The molecule has 0 aliphatic carbocycles. The van der Waals surface area contributed by atoms with E-state index in [1.54, 1.807) is 12.1 Å². The van der Waals surface area contributed by atoms with Crippen molar-refractivity contribution in [2.24, 2.45) is 0 Å². The zero-order valence-electron chi connectivity index (χ0n) is 12.7. The molecular formula is C15H15BrClNO4S. The van der Waals surface area contributed by atoms with Gasteiger partial charge in [-0.25, -0.2) is 8.42 Å².